The van der Waals surface area contributed by atoms with Crippen LogP contribution in [-0.2, 0) is 4.74 Å². The highest BCUT2D eigenvalue weighted by Gasteiger charge is 2.26. The number of likely N-dealkylation sites (N-methyl/N-ethyl adjacent to an activating group) is 1. The van der Waals surface area contributed by atoms with Crippen molar-refractivity contribution in [2.75, 3.05) is 20.2 Å². The zero-order valence-corrected chi connectivity index (χ0v) is 11.0. The van der Waals surface area contributed by atoms with Gasteiger partial charge in [-0.15, -0.1) is 0 Å². The zero-order valence-electron chi connectivity index (χ0n) is 11.0. The molecule has 6 nitrogen and oxygen atoms in total. The molecule has 1 heterocycles. The monoisotopic (exact) mass is 282 g/mol. The summed E-state index contributed by atoms with van der Waals surface area (Å²) in [5.41, 5.74) is -0.633. The summed E-state index contributed by atoms with van der Waals surface area (Å²) >= 11 is 0. The Bertz CT molecular complexity index is 529. The summed E-state index contributed by atoms with van der Waals surface area (Å²) in [6, 6.07) is 2.87. The second-order valence-electron chi connectivity index (χ2n) is 4.74. The summed E-state index contributed by atoms with van der Waals surface area (Å²) in [5.74, 6) is -1.25. The molecule has 0 radical (unpaired) electrons. The normalized spacial score (nSPS) is 18.0. The van der Waals surface area contributed by atoms with Gasteiger partial charge in [0.2, 0.25) is 0 Å². The highest BCUT2D eigenvalue weighted by molar-refractivity contribution is 5.98. The number of halogens is 1. The Morgan fingerprint density at radius 2 is 2.35 bits per heavy atom. The van der Waals surface area contributed by atoms with Gasteiger partial charge in [-0.3, -0.25) is 14.9 Å². The van der Waals surface area contributed by atoms with Crippen LogP contribution < -0.4 is 0 Å². The fourth-order valence-electron chi connectivity index (χ4n) is 2.22. The van der Waals surface area contributed by atoms with Crippen LogP contribution in [0, 0.1) is 15.9 Å². The number of rotatable bonds is 4. The molecule has 7 heteroatoms. The molecular formula is C13H15FN2O4. The van der Waals surface area contributed by atoms with Gasteiger partial charge in [0, 0.05) is 26.3 Å². The number of hydrogen-bond acceptors (Lipinski definition) is 4. The lowest BCUT2D eigenvalue weighted by molar-refractivity contribution is -0.385. The van der Waals surface area contributed by atoms with Crippen LogP contribution in [0.15, 0.2) is 18.2 Å². The summed E-state index contributed by atoms with van der Waals surface area (Å²) in [6.45, 7) is 0.999. The molecule has 0 aromatic heterocycles. The Balaban J connectivity index is 2.18. The summed E-state index contributed by atoms with van der Waals surface area (Å²) in [6.07, 6.45) is 1.73. The fourth-order valence-corrected chi connectivity index (χ4v) is 2.22. The molecule has 1 fully saturated rings. The third-order valence-electron chi connectivity index (χ3n) is 3.23. The van der Waals surface area contributed by atoms with Gasteiger partial charge < -0.3 is 9.64 Å². The van der Waals surface area contributed by atoms with E-state index in [0.29, 0.717) is 13.2 Å². The van der Waals surface area contributed by atoms with Gasteiger partial charge in [-0.25, -0.2) is 4.39 Å². The molecule has 1 atom stereocenters. The first-order valence-corrected chi connectivity index (χ1v) is 6.30. The molecule has 1 unspecified atom stereocenters. The van der Waals surface area contributed by atoms with Gasteiger partial charge in [-0.1, -0.05) is 0 Å². The van der Waals surface area contributed by atoms with E-state index in [1.807, 2.05) is 0 Å². The van der Waals surface area contributed by atoms with Gasteiger partial charge >= 0.3 is 0 Å². The molecule has 0 N–H and O–H groups in total. The van der Waals surface area contributed by atoms with Crippen LogP contribution in [0.1, 0.15) is 23.2 Å². The van der Waals surface area contributed by atoms with Gasteiger partial charge in [0.15, 0.2) is 0 Å². The van der Waals surface area contributed by atoms with Gasteiger partial charge in [0.05, 0.1) is 11.0 Å². The minimum Gasteiger partial charge on any atom is -0.376 e. The number of amides is 1. The van der Waals surface area contributed by atoms with Crippen molar-refractivity contribution in [2.24, 2.45) is 0 Å². The lowest BCUT2D eigenvalue weighted by atomic mass is 10.1. The predicted octanol–water partition coefficient (Wildman–Crippen LogP) is 1.98. The topological polar surface area (TPSA) is 72.7 Å². The number of carbonyl (C=O) groups excluding carboxylic acids is 1. The van der Waals surface area contributed by atoms with Gasteiger partial charge in [-0.2, -0.15) is 0 Å². The minimum absolute atomic E-state index is 0.0587. The summed E-state index contributed by atoms with van der Waals surface area (Å²) < 4.78 is 18.6. The second-order valence-corrected chi connectivity index (χ2v) is 4.74. The molecule has 20 heavy (non-hydrogen) atoms. The lowest BCUT2D eigenvalue weighted by Gasteiger charge is -2.20. The Morgan fingerprint density at radius 1 is 1.60 bits per heavy atom. The molecule has 0 saturated carbocycles. The molecule has 2 rings (SSSR count). The SMILES string of the molecule is CN(CC1CCCO1)C(=O)c1cc(F)ccc1[N+](=O)[O-]. The van der Waals surface area contributed by atoms with Crippen LogP contribution >= 0.6 is 0 Å². The smallest absolute Gasteiger partial charge is 0.282 e. The van der Waals surface area contributed by atoms with Crippen molar-refractivity contribution in [2.45, 2.75) is 18.9 Å². The second kappa shape index (κ2) is 5.96. The van der Waals surface area contributed by atoms with Crippen molar-refractivity contribution in [3.63, 3.8) is 0 Å². The van der Waals surface area contributed by atoms with Crippen molar-refractivity contribution in [3.8, 4) is 0 Å². The number of nitro groups is 1. The van der Waals surface area contributed by atoms with Crippen LogP contribution in [-0.4, -0.2) is 42.0 Å². The largest absolute Gasteiger partial charge is 0.376 e. The number of ether oxygens (including phenoxy) is 1. The quantitative estimate of drug-likeness (QED) is 0.625. The summed E-state index contributed by atoms with van der Waals surface area (Å²) in [4.78, 5) is 23.7. The lowest BCUT2D eigenvalue weighted by Crippen LogP contribution is -2.34. The van der Waals surface area contributed by atoms with Gasteiger partial charge in [-0.05, 0) is 25.0 Å². The third kappa shape index (κ3) is 3.11. The Hall–Kier alpha value is -2.02. The first-order valence-electron chi connectivity index (χ1n) is 6.30. The van der Waals surface area contributed by atoms with E-state index in [0.717, 1.165) is 31.0 Å². The highest BCUT2D eigenvalue weighted by Crippen LogP contribution is 2.22. The maximum Gasteiger partial charge on any atom is 0.282 e. The van der Waals surface area contributed by atoms with Crippen molar-refractivity contribution >= 4 is 11.6 Å². The van der Waals surface area contributed by atoms with E-state index in [4.69, 9.17) is 4.74 Å². The maximum atomic E-state index is 13.2. The van der Waals surface area contributed by atoms with E-state index in [-0.39, 0.29) is 11.7 Å². The average molecular weight is 282 g/mol. The maximum absolute atomic E-state index is 13.2. The van der Waals surface area contributed by atoms with Crippen molar-refractivity contribution in [3.05, 3.63) is 39.7 Å². The number of nitrogens with zero attached hydrogens (tertiary/aromatic N) is 2. The van der Waals surface area contributed by atoms with E-state index in [1.54, 1.807) is 0 Å². The third-order valence-corrected chi connectivity index (χ3v) is 3.23. The number of hydrogen-bond donors (Lipinski definition) is 0. The molecular weight excluding hydrogens is 267 g/mol. The molecule has 1 aromatic carbocycles. The number of carbonyl (C=O) groups is 1. The first kappa shape index (κ1) is 14.4. The highest BCUT2D eigenvalue weighted by atomic mass is 19.1. The summed E-state index contributed by atoms with van der Waals surface area (Å²) in [7, 11) is 1.53. The molecule has 108 valence electrons. The van der Waals surface area contributed by atoms with Crippen molar-refractivity contribution < 1.29 is 18.8 Å². The predicted molar refractivity (Wildman–Crippen MR) is 69.0 cm³/mol. The van der Waals surface area contributed by atoms with Crippen molar-refractivity contribution in [1.82, 2.24) is 4.90 Å². The van der Waals surface area contributed by atoms with Crippen LogP contribution in [0.5, 0.6) is 0 Å². The van der Waals surface area contributed by atoms with Crippen LogP contribution in [0.4, 0.5) is 10.1 Å². The average Bonchev–Trinajstić information content (AvgIpc) is 2.90. The van der Waals surface area contributed by atoms with E-state index >= 15 is 0 Å². The van der Waals surface area contributed by atoms with Gasteiger partial charge in [0.25, 0.3) is 11.6 Å². The Morgan fingerprint density at radius 3 is 2.95 bits per heavy atom. The molecule has 1 aliphatic heterocycles. The minimum atomic E-state index is -0.688. The zero-order chi connectivity index (χ0) is 14.7. The molecule has 1 saturated heterocycles. The van der Waals surface area contributed by atoms with Gasteiger partial charge in [0.1, 0.15) is 11.4 Å². The van der Waals surface area contributed by atoms with E-state index in [2.05, 4.69) is 0 Å². The Kier molecular flexibility index (Phi) is 4.29. The van der Waals surface area contributed by atoms with Crippen LogP contribution in [0.2, 0.25) is 0 Å². The molecule has 1 aromatic rings. The summed E-state index contributed by atoms with van der Waals surface area (Å²) in [5, 5.41) is 10.9. The van der Waals surface area contributed by atoms with E-state index < -0.39 is 22.3 Å². The Labute approximate surface area is 115 Å². The standard InChI is InChI=1S/C13H15FN2O4/c1-15(8-10-3-2-6-20-10)13(17)11-7-9(14)4-5-12(11)16(18)19/h4-5,7,10H,2-3,6,8H2,1H3. The fraction of sp³-hybridized carbons (Fsp3) is 0.462. The molecule has 1 amide bonds. The molecule has 0 aliphatic carbocycles. The first-order chi connectivity index (χ1) is 9.49. The molecule has 0 spiro atoms. The van der Waals surface area contributed by atoms with Crippen LogP contribution in [0.25, 0.3) is 0 Å². The van der Waals surface area contributed by atoms with E-state index in [1.165, 1.54) is 11.9 Å². The number of benzene rings is 1. The number of nitro benzene ring substituents is 1. The molecule has 0 bridgehead atoms. The van der Waals surface area contributed by atoms with Crippen LogP contribution in [0.3, 0.4) is 0 Å². The molecule has 1 aliphatic rings. The van der Waals surface area contributed by atoms with Crippen molar-refractivity contribution in [1.29, 1.82) is 0 Å². The van der Waals surface area contributed by atoms with E-state index in [9.17, 15) is 19.3 Å².